The van der Waals surface area contributed by atoms with Gasteiger partial charge in [-0.2, -0.15) is 5.10 Å². The molecule has 2 aromatic rings. The highest BCUT2D eigenvalue weighted by atomic mass is 16.5. The van der Waals surface area contributed by atoms with Gasteiger partial charge in [0.15, 0.2) is 0 Å². The Bertz CT molecular complexity index is 585. The fraction of sp³-hybridized carbons (Fsp3) is 0.364. The Morgan fingerprint density at radius 1 is 1.41 bits per heavy atom. The minimum absolute atomic E-state index is 0.160. The molecule has 0 saturated heterocycles. The van der Waals surface area contributed by atoms with Crippen LogP contribution in [0, 0.1) is 6.92 Å². The van der Waals surface area contributed by atoms with Gasteiger partial charge in [-0.05, 0) is 6.92 Å². The fourth-order valence-corrected chi connectivity index (χ4v) is 1.58. The van der Waals surface area contributed by atoms with E-state index in [0.717, 1.165) is 17.1 Å². The van der Waals surface area contributed by atoms with Crippen LogP contribution in [0.5, 0.6) is 5.75 Å². The molecule has 0 aromatic carbocycles. The molecule has 0 aliphatic rings. The van der Waals surface area contributed by atoms with Crippen molar-refractivity contribution in [1.82, 2.24) is 19.3 Å². The molecule has 0 amide bonds. The van der Waals surface area contributed by atoms with Gasteiger partial charge >= 0.3 is 5.69 Å². The van der Waals surface area contributed by atoms with Crippen LogP contribution in [0.15, 0.2) is 23.3 Å². The molecule has 0 radical (unpaired) electrons. The lowest BCUT2D eigenvalue weighted by molar-refractivity contribution is 0.412. The summed E-state index contributed by atoms with van der Waals surface area (Å²) < 4.78 is 7.94. The third-order valence-corrected chi connectivity index (χ3v) is 2.41. The lowest BCUT2D eigenvalue weighted by Crippen LogP contribution is -2.23. The first kappa shape index (κ1) is 11.4. The molecule has 6 nitrogen and oxygen atoms in total. The van der Waals surface area contributed by atoms with Gasteiger partial charge < -0.3 is 4.74 Å². The molecule has 2 aromatic heterocycles. The van der Waals surface area contributed by atoms with Crippen molar-refractivity contribution in [1.29, 1.82) is 0 Å². The Labute approximate surface area is 98.5 Å². The molecular formula is C11H14N4O2. The van der Waals surface area contributed by atoms with Gasteiger partial charge in [-0.3, -0.25) is 9.55 Å². The van der Waals surface area contributed by atoms with E-state index in [1.807, 2.05) is 13.0 Å². The summed E-state index contributed by atoms with van der Waals surface area (Å²) in [5.74, 6) is 0.733. The topological polar surface area (TPSA) is 61.9 Å². The van der Waals surface area contributed by atoms with Crippen LogP contribution in [0.2, 0.25) is 0 Å². The quantitative estimate of drug-likeness (QED) is 0.768. The van der Waals surface area contributed by atoms with Gasteiger partial charge in [-0.15, -0.1) is 0 Å². The molecule has 2 heterocycles. The summed E-state index contributed by atoms with van der Waals surface area (Å²) in [6.45, 7) is 2.23. The van der Waals surface area contributed by atoms with Crippen LogP contribution in [-0.4, -0.2) is 26.4 Å². The highest BCUT2D eigenvalue weighted by Gasteiger charge is 2.05. The highest BCUT2D eigenvalue weighted by molar-refractivity contribution is 5.26. The Morgan fingerprint density at radius 3 is 2.76 bits per heavy atom. The summed E-state index contributed by atoms with van der Waals surface area (Å²) in [7, 11) is 3.27. The Morgan fingerprint density at radius 2 is 2.18 bits per heavy atom. The number of hydrogen-bond donors (Lipinski definition) is 0. The summed E-state index contributed by atoms with van der Waals surface area (Å²) >= 11 is 0. The molecular weight excluding hydrogens is 220 g/mol. The molecule has 17 heavy (non-hydrogen) atoms. The zero-order valence-electron chi connectivity index (χ0n) is 10.0. The smallest absolute Gasteiger partial charge is 0.345 e. The van der Waals surface area contributed by atoms with Crippen LogP contribution >= 0.6 is 0 Å². The van der Waals surface area contributed by atoms with Crippen LogP contribution < -0.4 is 10.4 Å². The van der Waals surface area contributed by atoms with Gasteiger partial charge in [0.05, 0.1) is 19.3 Å². The predicted octanol–water partition coefficient (Wildman–Crippen LogP) is 0.342. The van der Waals surface area contributed by atoms with E-state index < -0.39 is 0 Å². The van der Waals surface area contributed by atoms with Crippen molar-refractivity contribution >= 4 is 0 Å². The van der Waals surface area contributed by atoms with Gasteiger partial charge in [0, 0.05) is 24.9 Å². The molecule has 90 valence electrons. The summed E-state index contributed by atoms with van der Waals surface area (Å²) in [6, 6.07) is 3.64. The standard InChI is InChI=1S/C11H14N4O2/c1-8-4-10(17-3)5-9(13-8)6-15-11(16)14(2)7-12-15/h4-5,7H,6H2,1-3H3. The summed E-state index contributed by atoms with van der Waals surface area (Å²) in [5.41, 5.74) is 1.44. The fourth-order valence-electron chi connectivity index (χ4n) is 1.58. The van der Waals surface area contributed by atoms with Crippen molar-refractivity contribution in [2.45, 2.75) is 13.5 Å². The number of aryl methyl sites for hydroxylation is 2. The molecule has 0 N–H and O–H groups in total. The number of pyridine rings is 1. The number of aromatic nitrogens is 4. The van der Waals surface area contributed by atoms with Crippen molar-refractivity contribution < 1.29 is 4.74 Å². The molecule has 0 saturated carbocycles. The third kappa shape index (κ3) is 2.35. The van der Waals surface area contributed by atoms with E-state index in [-0.39, 0.29) is 5.69 Å². The van der Waals surface area contributed by atoms with Gasteiger partial charge in [-0.1, -0.05) is 0 Å². The van der Waals surface area contributed by atoms with Crippen LogP contribution in [0.3, 0.4) is 0 Å². The van der Waals surface area contributed by atoms with Gasteiger partial charge in [0.2, 0.25) is 0 Å². The van der Waals surface area contributed by atoms with Crippen molar-refractivity contribution in [2.75, 3.05) is 7.11 Å². The molecule has 0 aliphatic carbocycles. The number of methoxy groups -OCH3 is 1. The highest BCUT2D eigenvalue weighted by Crippen LogP contribution is 2.13. The first-order chi connectivity index (χ1) is 8.10. The maximum absolute atomic E-state index is 11.6. The van der Waals surface area contributed by atoms with Gasteiger partial charge in [0.1, 0.15) is 12.1 Å². The molecule has 0 unspecified atom stereocenters. The second kappa shape index (κ2) is 4.40. The lowest BCUT2D eigenvalue weighted by atomic mass is 10.3. The van der Waals surface area contributed by atoms with E-state index in [0.29, 0.717) is 6.54 Å². The van der Waals surface area contributed by atoms with Crippen LogP contribution in [0.25, 0.3) is 0 Å². The number of rotatable bonds is 3. The van der Waals surface area contributed by atoms with Gasteiger partial charge in [-0.25, -0.2) is 9.48 Å². The summed E-state index contributed by atoms with van der Waals surface area (Å²) in [6.07, 6.45) is 1.48. The Hall–Kier alpha value is -2.11. The predicted molar refractivity (Wildman–Crippen MR) is 62.1 cm³/mol. The van der Waals surface area contributed by atoms with Crippen molar-refractivity contribution in [3.63, 3.8) is 0 Å². The molecule has 0 spiro atoms. The number of ether oxygens (including phenoxy) is 1. The van der Waals surface area contributed by atoms with E-state index in [1.165, 1.54) is 15.6 Å². The average Bonchev–Trinajstić information content (AvgIpc) is 2.60. The van der Waals surface area contributed by atoms with Crippen molar-refractivity contribution in [2.24, 2.45) is 7.05 Å². The number of nitrogens with zero attached hydrogens (tertiary/aromatic N) is 4. The summed E-state index contributed by atoms with van der Waals surface area (Å²) in [5, 5.41) is 3.98. The zero-order chi connectivity index (χ0) is 12.4. The van der Waals surface area contributed by atoms with E-state index in [4.69, 9.17) is 4.74 Å². The second-order valence-electron chi connectivity index (χ2n) is 3.82. The third-order valence-electron chi connectivity index (χ3n) is 2.41. The van der Waals surface area contributed by atoms with E-state index in [2.05, 4.69) is 10.1 Å². The molecule has 0 aliphatic heterocycles. The lowest BCUT2D eigenvalue weighted by Gasteiger charge is -2.05. The SMILES string of the molecule is COc1cc(C)nc(Cn2ncn(C)c2=O)c1. The molecule has 6 heteroatoms. The number of hydrogen-bond acceptors (Lipinski definition) is 4. The van der Waals surface area contributed by atoms with Crippen molar-refractivity contribution in [3.05, 3.63) is 40.3 Å². The van der Waals surface area contributed by atoms with E-state index >= 15 is 0 Å². The van der Waals surface area contributed by atoms with Crippen LogP contribution in [0.1, 0.15) is 11.4 Å². The van der Waals surface area contributed by atoms with Crippen LogP contribution in [-0.2, 0) is 13.6 Å². The first-order valence-corrected chi connectivity index (χ1v) is 5.20. The Kier molecular flexibility index (Phi) is 2.95. The largest absolute Gasteiger partial charge is 0.497 e. The molecule has 0 fully saturated rings. The Balaban J connectivity index is 2.33. The minimum Gasteiger partial charge on any atom is -0.497 e. The normalized spacial score (nSPS) is 10.5. The van der Waals surface area contributed by atoms with Gasteiger partial charge in [0.25, 0.3) is 0 Å². The average molecular weight is 234 g/mol. The second-order valence-corrected chi connectivity index (χ2v) is 3.82. The summed E-state index contributed by atoms with van der Waals surface area (Å²) in [4.78, 5) is 16.0. The van der Waals surface area contributed by atoms with E-state index in [9.17, 15) is 4.79 Å². The molecule has 0 bridgehead atoms. The zero-order valence-corrected chi connectivity index (χ0v) is 10.0. The van der Waals surface area contributed by atoms with E-state index in [1.54, 1.807) is 20.2 Å². The van der Waals surface area contributed by atoms with Crippen LogP contribution in [0.4, 0.5) is 0 Å². The molecule has 2 rings (SSSR count). The maximum atomic E-state index is 11.6. The first-order valence-electron chi connectivity index (χ1n) is 5.20. The van der Waals surface area contributed by atoms with Crippen molar-refractivity contribution in [3.8, 4) is 5.75 Å². The minimum atomic E-state index is -0.160. The maximum Gasteiger partial charge on any atom is 0.345 e. The monoisotopic (exact) mass is 234 g/mol. The molecule has 0 atom stereocenters.